The second-order valence-corrected chi connectivity index (χ2v) is 7.68. The molecule has 0 aromatic heterocycles. The first-order chi connectivity index (χ1) is 13.5. The molecule has 3 rings (SSSR count). The van der Waals surface area contributed by atoms with Crippen LogP contribution < -0.4 is 11.1 Å². The van der Waals surface area contributed by atoms with Gasteiger partial charge in [-0.25, -0.2) is 4.99 Å². The van der Waals surface area contributed by atoms with Crippen molar-refractivity contribution in [3.05, 3.63) is 64.7 Å². The summed E-state index contributed by atoms with van der Waals surface area (Å²) in [6.07, 6.45) is 0. The summed E-state index contributed by atoms with van der Waals surface area (Å²) >= 11 is 0. The van der Waals surface area contributed by atoms with Gasteiger partial charge in [0.2, 0.25) is 0 Å². The molecule has 3 N–H and O–H groups in total. The first kappa shape index (κ1) is 23.6. The van der Waals surface area contributed by atoms with Gasteiger partial charge in [0.05, 0.1) is 6.54 Å². The molecule has 158 valence electrons. The van der Waals surface area contributed by atoms with Gasteiger partial charge in [-0.3, -0.25) is 4.90 Å². The van der Waals surface area contributed by atoms with Crippen molar-refractivity contribution in [1.29, 1.82) is 0 Å². The minimum absolute atomic E-state index is 0. The average Bonchev–Trinajstić information content (AvgIpc) is 2.67. The predicted octanol–water partition coefficient (Wildman–Crippen LogP) is 3.99. The highest BCUT2D eigenvalue weighted by molar-refractivity contribution is 14.0. The third-order valence-corrected chi connectivity index (χ3v) is 5.34. The van der Waals surface area contributed by atoms with Crippen molar-refractivity contribution in [2.45, 2.75) is 33.9 Å². The van der Waals surface area contributed by atoms with Gasteiger partial charge >= 0.3 is 0 Å². The number of nitrogens with zero attached hydrogens (tertiary/aromatic N) is 3. The van der Waals surface area contributed by atoms with Crippen molar-refractivity contribution in [3.8, 4) is 0 Å². The Bertz CT molecular complexity index is 792. The van der Waals surface area contributed by atoms with Gasteiger partial charge < -0.3 is 16.0 Å². The number of halogens is 1. The second kappa shape index (κ2) is 11.5. The zero-order valence-electron chi connectivity index (χ0n) is 17.8. The summed E-state index contributed by atoms with van der Waals surface area (Å²) in [6, 6.07) is 14.9. The highest BCUT2D eigenvalue weighted by Gasteiger charge is 2.16. The molecule has 0 unspecified atom stereocenters. The Morgan fingerprint density at radius 1 is 0.966 bits per heavy atom. The van der Waals surface area contributed by atoms with E-state index in [-0.39, 0.29) is 24.0 Å². The summed E-state index contributed by atoms with van der Waals surface area (Å²) < 4.78 is 0. The predicted molar refractivity (Wildman–Crippen MR) is 134 cm³/mol. The Balaban J connectivity index is 0.00000300. The van der Waals surface area contributed by atoms with Crippen molar-refractivity contribution in [2.24, 2.45) is 10.7 Å². The maximum Gasteiger partial charge on any atom is 0.193 e. The number of aryl methyl sites for hydroxylation is 2. The van der Waals surface area contributed by atoms with Crippen molar-refractivity contribution in [3.63, 3.8) is 0 Å². The number of rotatable bonds is 6. The Labute approximate surface area is 192 Å². The fraction of sp³-hybridized carbons (Fsp3) is 0.435. The van der Waals surface area contributed by atoms with Crippen LogP contribution in [-0.4, -0.2) is 48.5 Å². The highest BCUT2D eigenvalue weighted by Crippen LogP contribution is 2.16. The molecule has 29 heavy (non-hydrogen) atoms. The maximum absolute atomic E-state index is 6.14. The third-order valence-electron chi connectivity index (χ3n) is 5.34. The van der Waals surface area contributed by atoms with E-state index in [2.05, 4.69) is 83.3 Å². The molecule has 0 spiro atoms. The Kier molecular flexibility index (Phi) is 9.39. The number of nitrogens with one attached hydrogen (secondary N) is 1. The van der Waals surface area contributed by atoms with Crippen LogP contribution in [0, 0.1) is 13.8 Å². The van der Waals surface area contributed by atoms with Crippen LogP contribution in [0.3, 0.4) is 0 Å². The van der Waals surface area contributed by atoms with Gasteiger partial charge in [0.1, 0.15) is 0 Å². The van der Waals surface area contributed by atoms with Gasteiger partial charge in [-0.15, -0.1) is 24.0 Å². The number of piperazine rings is 1. The summed E-state index contributed by atoms with van der Waals surface area (Å²) in [4.78, 5) is 9.62. The topological polar surface area (TPSA) is 56.9 Å². The number of benzene rings is 2. The number of hydrogen-bond donors (Lipinski definition) is 2. The van der Waals surface area contributed by atoms with Gasteiger partial charge in [0, 0.05) is 38.4 Å². The Hall–Kier alpha value is -1.64. The number of hydrogen-bond acceptors (Lipinski definition) is 3. The van der Waals surface area contributed by atoms with Gasteiger partial charge in [-0.2, -0.15) is 0 Å². The fourth-order valence-corrected chi connectivity index (χ4v) is 3.78. The van der Waals surface area contributed by atoms with E-state index in [1.807, 2.05) is 0 Å². The van der Waals surface area contributed by atoms with Crippen molar-refractivity contribution < 1.29 is 0 Å². The van der Waals surface area contributed by atoms with Gasteiger partial charge in [-0.1, -0.05) is 37.3 Å². The quantitative estimate of drug-likeness (QED) is 0.353. The summed E-state index contributed by atoms with van der Waals surface area (Å²) in [6.45, 7) is 13.7. The molecule has 1 aliphatic heterocycles. The largest absolute Gasteiger partial charge is 0.370 e. The summed E-state index contributed by atoms with van der Waals surface area (Å²) in [5.74, 6) is 0.455. The standard InChI is InChI=1S/C23H33N5.HI/c1-4-27-9-11-28(12-10-27)17-21-8-6-5-7-20(21)16-25-23(24)26-22-14-18(2)13-19(3)15-22;/h5-8,13-15H,4,9-12,16-17H2,1-3H3,(H3,24,25,26);1H. The van der Waals surface area contributed by atoms with Gasteiger partial charge in [0.25, 0.3) is 0 Å². The van der Waals surface area contributed by atoms with E-state index in [4.69, 9.17) is 5.73 Å². The lowest BCUT2D eigenvalue weighted by molar-refractivity contribution is 0.131. The molecule has 1 heterocycles. The fourth-order valence-electron chi connectivity index (χ4n) is 3.78. The van der Waals surface area contributed by atoms with Crippen LogP contribution in [0.1, 0.15) is 29.2 Å². The Morgan fingerprint density at radius 2 is 1.55 bits per heavy atom. The molecule has 1 fully saturated rings. The van der Waals surface area contributed by atoms with Crippen LogP contribution >= 0.6 is 24.0 Å². The first-order valence-corrected chi connectivity index (χ1v) is 10.2. The van der Waals surface area contributed by atoms with E-state index < -0.39 is 0 Å². The number of aliphatic imine (C=N–C) groups is 1. The molecule has 1 aliphatic rings. The highest BCUT2D eigenvalue weighted by atomic mass is 127. The van der Waals surface area contributed by atoms with E-state index in [1.165, 1.54) is 22.3 Å². The molecule has 2 aromatic rings. The molecule has 0 radical (unpaired) electrons. The Morgan fingerprint density at radius 3 is 2.17 bits per heavy atom. The molecule has 5 nitrogen and oxygen atoms in total. The molecule has 6 heteroatoms. The maximum atomic E-state index is 6.14. The molecule has 0 saturated carbocycles. The van der Waals surface area contributed by atoms with Gasteiger partial charge in [-0.05, 0) is 54.8 Å². The van der Waals surface area contributed by atoms with Crippen molar-refractivity contribution >= 4 is 35.6 Å². The van der Waals surface area contributed by atoms with Crippen molar-refractivity contribution in [1.82, 2.24) is 9.80 Å². The van der Waals surface area contributed by atoms with Crippen LogP contribution in [0.2, 0.25) is 0 Å². The number of likely N-dealkylation sites (N-methyl/N-ethyl adjacent to an activating group) is 1. The minimum Gasteiger partial charge on any atom is -0.370 e. The first-order valence-electron chi connectivity index (χ1n) is 10.2. The average molecular weight is 507 g/mol. The molecular weight excluding hydrogens is 473 g/mol. The van der Waals surface area contributed by atoms with E-state index in [0.717, 1.165) is 45.0 Å². The van der Waals surface area contributed by atoms with Crippen LogP contribution in [0.25, 0.3) is 0 Å². The van der Waals surface area contributed by atoms with Gasteiger partial charge in [0.15, 0.2) is 5.96 Å². The minimum atomic E-state index is 0. The summed E-state index contributed by atoms with van der Waals surface area (Å²) in [5, 5.41) is 3.22. The van der Waals surface area contributed by atoms with E-state index in [0.29, 0.717) is 12.5 Å². The second-order valence-electron chi connectivity index (χ2n) is 7.68. The normalized spacial score (nSPS) is 15.8. The van der Waals surface area contributed by atoms with Crippen LogP contribution in [0.4, 0.5) is 5.69 Å². The molecule has 0 amide bonds. The molecule has 0 bridgehead atoms. The summed E-state index contributed by atoms with van der Waals surface area (Å²) in [7, 11) is 0. The smallest absolute Gasteiger partial charge is 0.193 e. The lowest BCUT2D eigenvalue weighted by atomic mass is 10.1. The molecule has 0 atom stereocenters. The van der Waals surface area contributed by atoms with E-state index in [9.17, 15) is 0 Å². The molecule has 2 aromatic carbocycles. The number of guanidine groups is 1. The zero-order chi connectivity index (χ0) is 19.9. The molecule has 0 aliphatic carbocycles. The molecular formula is C23H34IN5. The lowest BCUT2D eigenvalue weighted by Crippen LogP contribution is -2.45. The van der Waals surface area contributed by atoms with Crippen LogP contribution in [0.5, 0.6) is 0 Å². The lowest BCUT2D eigenvalue weighted by Gasteiger charge is -2.34. The number of nitrogens with two attached hydrogens (primary N) is 1. The summed E-state index contributed by atoms with van der Waals surface area (Å²) in [5.41, 5.74) is 12.1. The molecule has 1 saturated heterocycles. The van der Waals surface area contributed by atoms with Crippen LogP contribution in [-0.2, 0) is 13.1 Å². The van der Waals surface area contributed by atoms with Crippen LogP contribution in [0.15, 0.2) is 47.5 Å². The third kappa shape index (κ3) is 7.28. The van der Waals surface area contributed by atoms with E-state index >= 15 is 0 Å². The SMILES string of the molecule is CCN1CCN(Cc2ccccc2CN=C(N)Nc2cc(C)cc(C)c2)CC1.I. The van der Waals surface area contributed by atoms with Crippen molar-refractivity contribution in [2.75, 3.05) is 38.0 Å². The number of anilines is 1. The zero-order valence-corrected chi connectivity index (χ0v) is 20.1. The van der Waals surface area contributed by atoms with E-state index in [1.54, 1.807) is 0 Å². The monoisotopic (exact) mass is 507 g/mol.